The van der Waals surface area contributed by atoms with Gasteiger partial charge in [-0.05, 0) is 42.5 Å². The highest BCUT2D eigenvalue weighted by Gasteiger charge is 2.33. The number of aliphatic carboxylic acids is 1. The van der Waals surface area contributed by atoms with Gasteiger partial charge in [-0.2, -0.15) is 0 Å². The van der Waals surface area contributed by atoms with E-state index in [2.05, 4.69) is 15.5 Å². The Morgan fingerprint density at radius 2 is 2.29 bits per heavy atom. The van der Waals surface area contributed by atoms with Gasteiger partial charge in [0.2, 0.25) is 0 Å². The largest absolute Gasteiger partial charge is 0.481 e. The number of carbonyl (C=O) groups is 1. The molecule has 1 atom stereocenters. The minimum Gasteiger partial charge on any atom is -0.481 e. The van der Waals surface area contributed by atoms with Crippen LogP contribution in [0.1, 0.15) is 38.9 Å². The monoisotopic (exact) mass is 238 g/mol. The van der Waals surface area contributed by atoms with Gasteiger partial charge in [0.05, 0.1) is 12.0 Å². The maximum atomic E-state index is 11.2. The van der Waals surface area contributed by atoms with E-state index >= 15 is 0 Å². The summed E-state index contributed by atoms with van der Waals surface area (Å²) in [5, 5.41) is 20.8. The van der Waals surface area contributed by atoms with E-state index in [1.807, 2.05) is 6.92 Å². The lowest BCUT2D eigenvalue weighted by Gasteiger charge is -2.22. The van der Waals surface area contributed by atoms with Gasteiger partial charge in [0.1, 0.15) is 0 Å². The zero-order chi connectivity index (χ0) is 12.5. The second-order valence-corrected chi connectivity index (χ2v) is 5.12. The fourth-order valence-corrected chi connectivity index (χ4v) is 1.73. The van der Waals surface area contributed by atoms with Crippen LogP contribution in [0.15, 0.2) is 0 Å². The second kappa shape index (κ2) is 4.43. The zero-order valence-electron chi connectivity index (χ0n) is 10.3. The highest BCUT2D eigenvalue weighted by molar-refractivity contribution is 5.73. The van der Waals surface area contributed by atoms with Crippen molar-refractivity contribution in [3.63, 3.8) is 0 Å². The van der Waals surface area contributed by atoms with E-state index in [4.69, 9.17) is 0 Å². The third kappa shape index (κ3) is 2.62. The fraction of sp³-hybridized carbons (Fsp3) is 0.818. The Hall–Kier alpha value is -1.46. The van der Waals surface area contributed by atoms with Crippen molar-refractivity contribution in [2.75, 3.05) is 0 Å². The molecule has 6 heteroatoms. The molecule has 6 nitrogen and oxygen atoms in total. The predicted molar refractivity (Wildman–Crippen MR) is 60.3 cm³/mol. The van der Waals surface area contributed by atoms with E-state index in [1.54, 1.807) is 11.6 Å². The number of hydrogen-bond acceptors (Lipinski definition) is 4. The summed E-state index contributed by atoms with van der Waals surface area (Å²) in [5.41, 5.74) is -0.798. The average molecular weight is 238 g/mol. The summed E-state index contributed by atoms with van der Waals surface area (Å²) in [5.74, 6) is 0.707. The molecule has 1 fully saturated rings. The summed E-state index contributed by atoms with van der Waals surface area (Å²) in [6, 6.07) is 0. The Balaban J connectivity index is 2.11. The first-order chi connectivity index (χ1) is 8.05. The molecule has 94 valence electrons. The maximum absolute atomic E-state index is 11.2. The molecule has 1 saturated carbocycles. The van der Waals surface area contributed by atoms with Crippen LogP contribution in [0.3, 0.4) is 0 Å². The highest BCUT2D eigenvalue weighted by Crippen LogP contribution is 2.32. The van der Waals surface area contributed by atoms with Crippen molar-refractivity contribution in [2.45, 2.75) is 46.1 Å². The molecular weight excluding hydrogens is 220 g/mol. The molecule has 0 radical (unpaired) electrons. The van der Waals surface area contributed by atoms with Gasteiger partial charge in [-0.25, -0.2) is 4.68 Å². The third-order valence-electron chi connectivity index (χ3n) is 3.57. The van der Waals surface area contributed by atoms with Crippen molar-refractivity contribution in [2.24, 2.45) is 11.3 Å². The van der Waals surface area contributed by atoms with Crippen LogP contribution in [0, 0.1) is 11.3 Å². The fourth-order valence-electron chi connectivity index (χ4n) is 1.73. The average Bonchev–Trinajstić information content (AvgIpc) is 3.00. The van der Waals surface area contributed by atoms with Gasteiger partial charge in [0.25, 0.3) is 0 Å². The minimum atomic E-state index is -0.798. The van der Waals surface area contributed by atoms with Gasteiger partial charge < -0.3 is 5.11 Å². The minimum absolute atomic E-state index is 0.341. The van der Waals surface area contributed by atoms with Gasteiger partial charge in [0.15, 0.2) is 5.82 Å². The summed E-state index contributed by atoms with van der Waals surface area (Å²) in [6.45, 7) is 3.95. The van der Waals surface area contributed by atoms with Crippen LogP contribution < -0.4 is 0 Å². The number of nitrogens with zero attached hydrogens (tertiary/aromatic N) is 4. The van der Waals surface area contributed by atoms with Crippen LogP contribution in [0.5, 0.6) is 0 Å². The number of aromatic nitrogens is 4. The number of rotatable bonds is 6. The normalized spacial score (nSPS) is 18.9. The summed E-state index contributed by atoms with van der Waals surface area (Å²) < 4.78 is 1.65. The van der Waals surface area contributed by atoms with E-state index in [0.717, 1.165) is 12.2 Å². The van der Waals surface area contributed by atoms with Crippen LogP contribution in [0.4, 0.5) is 0 Å². The molecule has 17 heavy (non-hydrogen) atoms. The molecular formula is C11H18N4O2. The lowest BCUT2D eigenvalue weighted by atomic mass is 9.88. The van der Waals surface area contributed by atoms with E-state index < -0.39 is 11.4 Å². The van der Waals surface area contributed by atoms with Gasteiger partial charge in [-0.3, -0.25) is 4.79 Å². The van der Waals surface area contributed by atoms with Crippen LogP contribution in [-0.4, -0.2) is 31.3 Å². The molecule has 0 bridgehead atoms. The van der Waals surface area contributed by atoms with Crippen molar-refractivity contribution in [1.82, 2.24) is 20.2 Å². The molecule has 1 aliphatic rings. The molecule has 0 saturated heterocycles. The summed E-state index contributed by atoms with van der Waals surface area (Å²) in [4.78, 5) is 11.2. The zero-order valence-corrected chi connectivity index (χ0v) is 10.3. The Labute approximate surface area is 100 Å². The lowest BCUT2D eigenvalue weighted by molar-refractivity contribution is -0.149. The number of carboxylic acids is 1. The molecule has 1 aliphatic carbocycles. The summed E-state index contributed by atoms with van der Waals surface area (Å²) >= 11 is 0. The number of tetrazole rings is 1. The standard InChI is InChI=1S/C11H18N4O2/c1-3-11(2,10(16)17)7-15-9(12-13-14-15)6-8-4-5-8/h8H,3-7H2,1-2H3,(H,16,17). The molecule has 1 N–H and O–H groups in total. The molecule has 2 rings (SSSR count). The Bertz CT molecular complexity index is 413. The van der Waals surface area contributed by atoms with Gasteiger partial charge in [-0.1, -0.05) is 6.92 Å². The molecule has 0 aromatic carbocycles. The first-order valence-electron chi connectivity index (χ1n) is 6.03. The van der Waals surface area contributed by atoms with Crippen LogP contribution >= 0.6 is 0 Å². The van der Waals surface area contributed by atoms with Gasteiger partial charge in [-0.15, -0.1) is 5.10 Å². The van der Waals surface area contributed by atoms with Crippen molar-refractivity contribution < 1.29 is 9.90 Å². The first-order valence-corrected chi connectivity index (χ1v) is 6.03. The topological polar surface area (TPSA) is 80.9 Å². The first kappa shape index (κ1) is 12.0. The van der Waals surface area contributed by atoms with Crippen LogP contribution in [0.25, 0.3) is 0 Å². The van der Waals surface area contributed by atoms with E-state index in [1.165, 1.54) is 12.8 Å². The number of hydrogen-bond donors (Lipinski definition) is 1. The van der Waals surface area contributed by atoms with Crippen molar-refractivity contribution in [1.29, 1.82) is 0 Å². The number of carboxylic acid groups (broad SMARTS) is 1. The van der Waals surface area contributed by atoms with Crippen LogP contribution in [0.2, 0.25) is 0 Å². The molecule has 1 heterocycles. The SMILES string of the molecule is CCC(C)(Cn1nnnc1CC1CC1)C(=O)O. The molecule has 1 aromatic rings. The predicted octanol–water partition coefficient (Wildman–Crippen LogP) is 1.13. The molecule has 0 aliphatic heterocycles. The van der Waals surface area contributed by atoms with E-state index in [-0.39, 0.29) is 0 Å². The Morgan fingerprint density at radius 1 is 1.59 bits per heavy atom. The van der Waals surface area contributed by atoms with E-state index in [9.17, 15) is 9.90 Å². The molecule has 1 unspecified atom stereocenters. The molecule has 1 aromatic heterocycles. The summed E-state index contributed by atoms with van der Waals surface area (Å²) in [7, 11) is 0. The maximum Gasteiger partial charge on any atom is 0.311 e. The Kier molecular flexibility index (Phi) is 3.13. The Morgan fingerprint density at radius 3 is 2.82 bits per heavy atom. The highest BCUT2D eigenvalue weighted by atomic mass is 16.4. The summed E-state index contributed by atoms with van der Waals surface area (Å²) in [6.07, 6.45) is 3.89. The van der Waals surface area contributed by atoms with Crippen molar-refractivity contribution in [3.8, 4) is 0 Å². The second-order valence-electron chi connectivity index (χ2n) is 5.12. The molecule has 0 spiro atoms. The van der Waals surface area contributed by atoms with Gasteiger partial charge in [0, 0.05) is 6.42 Å². The van der Waals surface area contributed by atoms with E-state index in [0.29, 0.717) is 18.9 Å². The quantitative estimate of drug-likeness (QED) is 0.803. The lowest BCUT2D eigenvalue weighted by Crippen LogP contribution is -2.33. The van der Waals surface area contributed by atoms with Crippen molar-refractivity contribution in [3.05, 3.63) is 5.82 Å². The van der Waals surface area contributed by atoms with Crippen molar-refractivity contribution >= 4 is 5.97 Å². The smallest absolute Gasteiger partial charge is 0.311 e. The molecule has 0 amide bonds. The van der Waals surface area contributed by atoms with Gasteiger partial charge >= 0.3 is 5.97 Å². The third-order valence-corrected chi connectivity index (χ3v) is 3.57. The van der Waals surface area contributed by atoms with Crippen LogP contribution in [-0.2, 0) is 17.8 Å².